The summed E-state index contributed by atoms with van der Waals surface area (Å²) in [6.45, 7) is 6.81. The van der Waals surface area contributed by atoms with Gasteiger partial charge in [-0.05, 0) is 25.3 Å². The molecule has 19 heavy (non-hydrogen) atoms. The molecule has 1 aromatic rings. The first-order valence-electron chi connectivity index (χ1n) is 6.66. The van der Waals surface area contributed by atoms with Gasteiger partial charge in [-0.2, -0.15) is 5.26 Å². The summed E-state index contributed by atoms with van der Waals surface area (Å²) in [7, 11) is 0. The molecule has 2 rings (SSSR count). The van der Waals surface area contributed by atoms with Crippen LogP contribution in [0.4, 0.5) is 0 Å². The molecule has 0 aromatic heterocycles. The molecule has 0 bridgehead atoms. The number of benzene rings is 1. The van der Waals surface area contributed by atoms with Crippen molar-refractivity contribution >= 4 is 5.91 Å². The highest BCUT2D eigenvalue weighted by atomic mass is 16.2. The van der Waals surface area contributed by atoms with E-state index in [-0.39, 0.29) is 11.3 Å². The van der Waals surface area contributed by atoms with E-state index in [2.05, 4.69) is 56.4 Å². The number of hydrogen-bond acceptors (Lipinski definition) is 2. The van der Waals surface area contributed by atoms with E-state index in [4.69, 9.17) is 5.26 Å². The third-order valence-electron chi connectivity index (χ3n) is 3.92. The lowest BCUT2D eigenvalue weighted by Crippen LogP contribution is -2.40. The van der Waals surface area contributed by atoms with Crippen molar-refractivity contribution in [2.24, 2.45) is 5.41 Å². The Morgan fingerprint density at radius 1 is 1.37 bits per heavy atom. The molecule has 1 aromatic carbocycles. The molecule has 100 valence electrons. The third-order valence-corrected chi connectivity index (χ3v) is 3.92. The van der Waals surface area contributed by atoms with Gasteiger partial charge >= 0.3 is 0 Å². The third kappa shape index (κ3) is 2.78. The molecule has 1 aliphatic carbocycles. The molecule has 1 aliphatic rings. The smallest absolute Gasteiger partial charge is 0.240 e. The highest BCUT2D eigenvalue weighted by Gasteiger charge is 2.50. The molecule has 0 spiro atoms. The predicted octanol–water partition coefficient (Wildman–Crippen LogP) is 2.69. The number of nitrogens with zero attached hydrogens (tertiary/aromatic N) is 1. The molecule has 3 nitrogen and oxygen atoms in total. The molecule has 0 radical (unpaired) electrons. The maximum Gasteiger partial charge on any atom is 0.240 e. The predicted molar refractivity (Wildman–Crippen MR) is 74.5 cm³/mol. The summed E-state index contributed by atoms with van der Waals surface area (Å²) in [5, 5.41) is 11.9. The zero-order valence-corrected chi connectivity index (χ0v) is 11.8. The number of nitrogens with one attached hydrogen (secondary N) is 1. The van der Waals surface area contributed by atoms with E-state index >= 15 is 0 Å². The zero-order valence-electron chi connectivity index (χ0n) is 11.8. The van der Waals surface area contributed by atoms with Gasteiger partial charge in [0.05, 0.1) is 6.07 Å². The summed E-state index contributed by atoms with van der Waals surface area (Å²) < 4.78 is 0. The first-order valence-corrected chi connectivity index (χ1v) is 6.66. The Balaban J connectivity index is 2.00. The number of nitriles is 1. The second kappa shape index (κ2) is 4.70. The normalized spacial score (nSPS) is 16.5. The Hall–Kier alpha value is -1.82. The topological polar surface area (TPSA) is 52.9 Å². The van der Waals surface area contributed by atoms with Crippen LogP contribution in [0.15, 0.2) is 24.3 Å². The fraction of sp³-hybridized carbons (Fsp3) is 0.500. The minimum absolute atomic E-state index is 0.116. The summed E-state index contributed by atoms with van der Waals surface area (Å²) >= 11 is 0. The van der Waals surface area contributed by atoms with Gasteiger partial charge in [0.15, 0.2) is 0 Å². The molecule has 0 heterocycles. The van der Waals surface area contributed by atoms with Gasteiger partial charge in [0.2, 0.25) is 5.91 Å². The average Bonchev–Trinajstić information content (AvgIpc) is 3.17. The van der Waals surface area contributed by atoms with Gasteiger partial charge in [0.25, 0.3) is 0 Å². The van der Waals surface area contributed by atoms with E-state index in [9.17, 15) is 4.79 Å². The molecule has 0 unspecified atom stereocenters. The van der Waals surface area contributed by atoms with Gasteiger partial charge in [-0.15, -0.1) is 0 Å². The van der Waals surface area contributed by atoms with Gasteiger partial charge in [-0.3, -0.25) is 4.79 Å². The van der Waals surface area contributed by atoms with Crippen LogP contribution in [0.1, 0.15) is 37.8 Å². The summed E-state index contributed by atoms with van der Waals surface area (Å²) in [6.07, 6.45) is 1.39. The van der Waals surface area contributed by atoms with Crippen LogP contribution in [0.2, 0.25) is 0 Å². The van der Waals surface area contributed by atoms with Crippen LogP contribution in [0, 0.1) is 23.7 Å². The second-order valence-corrected chi connectivity index (χ2v) is 6.13. The number of aryl methyl sites for hydroxylation is 1. The van der Waals surface area contributed by atoms with Crippen LogP contribution in [0.5, 0.6) is 0 Å². The number of hydrogen-bond donors (Lipinski definition) is 1. The average molecular weight is 256 g/mol. The minimum Gasteiger partial charge on any atom is -0.354 e. The van der Waals surface area contributed by atoms with Crippen LogP contribution in [-0.2, 0) is 10.2 Å². The van der Waals surface area contributed by atoms with E-state index in [1.807, 2.05) is 0 Å². The van der Waals surface area contributed by atoms with E-state index in [0.717, 1.165) is 0 Å². The molecule has 1 saturated carbocycles. The Bertz CT molecular complexity index is 519. The SMILES string of the molecule is Cc1ccc(C(C)(C)CNC(=O)C2(C#N)CC2)cc1. The van der Waals surface area contributed by atoms with Crippen molar-refractivity contribution in [3.63, 3.8) is 0 Å². The van der Waals surface area contributed by atoms with E-state index < -0.39 is 5.41 Å². The van der Waals surface area contributed by atoms with E-state index in [1.54, 1.807) is 0 Å². The molecule has 0 atom stereocenters. The molecular formula is C16H20N2O. The van der Waals surface area contributed by atoms with Crippen molar-refractivity contribution < 1.29 is 4.79 Å². The first kappa shape index (κ1) is 13.6. The Labute approximate surface area is 114 Å². The van der Waals surface area contributed by atoms with Crippen molar-refractivity contribution in [3.05, 3.63) is 35.4 Å². The van der Waals surface area contributed by atoms with Crippen molar-refractivity contribution in [1.82, 2.24) is 5.32 Å². The second-order valence-electron chi connectivity index (χ2n) is 6.13. The number of carbonyl (C=O) groups is 1. The molecular weight excluding hydrogens is 236 g/mol. The first-order chi connectivity index (χ1) is 8.89. The lowest BCUT2D eigenvalue weighted by Gasteiger charge is -2.26. The van der Waals surface area contributed by atoms with Crippen molar-refractivity contribution in [3.8, 4) is 6.07 Å². The van der Waals surface area contributed by atoms with Crippen LogP contribution in [0.3, 0.4) is 0 Å². The van der Waals surface area contributed by atoms with E-state index in [1.165, 1.54) is 11.1 Å². The van der Waals surface area contributed by atoms with Crippen molar-refractivity contribution in [1.29, 1.82) is 5.26 Å². The summed E-state index contributed by atoms with van der Waals surface area (Å²) in [4.78, 5) is 12.0. The van der Waals surface area contributed by atoms with Gasteiger partial charge in [-0.1, -0.05) is 43.7 Å². The Morgan fingerprint density at radius 3 is 2.42 bits per heavy atom. The molecule has 3 heteroatoms. The van der Waals surface area contributed by atoms with Crippen LogP contribution in [-0.4, -0.2) is 12.5 Å². The lowest BCUT2D eigenvalue weighted by atomic mass is 9.84. The maximum absolute atomic E-state index is 12.0. The van der Waals surface area contributed by atoms with Gasteiger partial charge in [-0.25, -0.2) is 0 Å². The van der Waals surface area contributed by atoms with Gasteiger partial charge < -0.3 is 5.32 Å². The molecule has 0 aliphatic heterocycles. The summed E-state index contributed by atoms with van der Waals surface area (Å²) in [5.74, 6) is -0.116. The van der Waals surface area contributed by atoms with Crippen LogP contribution >= 0.6 is 0 Å². The molecule has 1 N–H and O–H groups in total. The van der Waals surface area contributed by atoms with Gasteiger partial charge in [0, 0.05) is 12.0 Å². The number of rotatable bonds is 4. The quantitative estimate of drug-likeness (QED) is 0.900. The largest absolute Gasteiger partial charge is 0.354 e. The van der Waals surface area contributed by atoms with Gasteiger partial charge in [0.1, 0.15) is 5.41 Å². The fourth-order valence-electron chi connectivity index (χ4n) is 2.09. The highest BCUT2D eigenvalue weighted by molar-refractivity contribution is 5.88. The lowest BCUT2D eigenvalue weighted by molar-refractivity contribution is -0.124. The van der Waals surface area contributed by atoms with Crippen molar-refractivity contribution in [2.45, 2.75) is 39.0 Å². The maximum atomic E-state index is 12.0. The monoisotopic (exact) mass is 256 g/mol. The number of carbonyl (C=O) groups excluding carboxylic acids is 1. The summed E-state index contributed by atoms with van der Waals surface area (Å²) in [5.41, 5.74) is 1.56. The summed E-state index contributed by atoms with van der Waals surface area (Å²) in [6, 6.07) is 10.5. The van der Waals surface area contributed by atoms with Crippen LogP contribution < -0.4 is 5.32 Å². The Morgan fingerprint density at radius 2 is 1.95 bits per heavy atom. The molecule has 1 amide bonds. The van der Waals surface area contributed by atoms with Crippen molar-refractivity contribution in [2.75, 3.05) is 6.54 Å². The van der Waals surface area contributed by atoms with E-state index in [0.29, 0.717) is 19.4 Å². The molecule has 0 saturated heterocycles. The number of amides is 1. The Kier molecular flexibility index (Phi) is 3.36. The zero-order chi connectivity index (χ0) is 14.1. The van der Waals surface area contributed by atoms with Crippen LogP contribution in [0.25, 0.3) is 0 Å². The highest BCUT2D eigenvalue weighted by Crippen LogP contribution is 2.45. The fourth-order valence-corrected chi connectivity index (χ4v) is 2.09. The standard InChI is InChI=1S/C16H20N2O/c1-12-4-6-13(7-5-12)15(2,3)11-18-14(19)16(10-17)8-9-16/h4-7H,8-9,11H2,1-3H3,(H,18,19). The minimum atomic E-state index is -0.733. The molecule has 1 fully saturated rings.